The average Bonchev–Trinajstić information content (AvgIpc) is 2.95. The second-order valence-electron chi connectivity index (χ2n) is 6.54. The van der Waals surface area contributed by atoms with Crippen molar-refractivity contribution in [3.63, 3.8) is 0 Å². The highest BCUT2D eigenvalue weighted by Gasteiger charge is 2.49. The number of hydrogen-bond donors (Lipinski definition) is 0. The summed E-state index contributed by atoms with van der Waals surface area (Å²) < 4.78 is 5.31. The van der Waals surface area contributed by atoms with Gasteiger partial charge in [0, 0.05) is 38.1 Å². The van der Waals surface area contributed by atoms with Crippen LogP contribution in [-0.2, 0) is 4.79 Å². The Balaban J connectivity index is 1.83. The minimum absolute atomic E-state index is 0.259. The van der Waals surface area contributed by atoms with Crippen molar-refractivity contribution < 1.29 is 9.53 Å². The van der Waals surface area contributed by atoms with Crippen LogP contribution in [-0.4, -0.2) is 53.6 Å². The Morgan fingerprint density at radius 3 is 2.73 bits per heavy atom. The third kappa shape index (κ3) is 2.40. The van der Waals surface area contributed by atoms with Gasteiger partial charge in [0.2, 0.25) is 5.91 Å². The Morgan fingerprint density at radius 2 is 2.00 bits per heavy atom. The number of aromatic nitrogens is 2. The lowest BCUT2D eigenvalue weighted by Crippen LogP contribution is -2.52. The zero-order valence-electron chi connectivity index (χ0n) is 13.6. The molecule has 22 heavy (non-hydrogen) atoms. The van der Waals surface area contributed by atoms with Crippen LogP contribution in [0.1, 0.15) is 33.1 Å². The number of hydrogen-bond acceptors (Lipinski definition) is 5. The van der Waals surface area contributed by atoms with E-state index in [1.807, 2.05) is 4.90 Å². The van der Waals surface area contributed by atoms with Crippen molar-refractivity contribution in [3.8, 4) is 5.88 Å². The number of rotatable bonds is 3. The maximum absolute atomic E-state index is 13.0. The molecule has 1 atom stereocenters. The van der Waals surface area contributed by atoms with E-state index in [4.69, 9.17) is 4.74 Å². The van der Waals surface area contributed by atoms with Crippen LogP contribution in [0.15, 0.2) is 12.4 Å². The minimum Gasteiger partial charge on any atom is -0.478 e. The number of methoxy groups -OCH3 is 1. The van der Waals surface area contributed by atoms with Gasteiger partial charge < -0.3 is 14.5 Å². The Morgan fingerprint density at radius 1 is 1.23 bits per heavy atom. The molecule has 2 aliphatic rings. The largest absolute Gasteiger partial charge is 0.478 e. The van der Waals surface area contributed by atoms with Crippen LogP contribution in [0.5, 0.6) is 5.88 Å². The van der Waals surface area contributed by atoms with Crippen molar-refractivity contribution in [2.45, 2.75) is 39.2 Å². The zero-order chi connectivity index (χ0) is 15.7. The van der Waals surface area contributed by atoms with Gasteiger partial charge in [-0.1, -0.05) is 0 Å². The molecule has 1 spiro atoms. The lowest BCUT2D eigenvalue weighted by atomic mass is 9.78. The van der Waals surface area contributed by atoms with Gasteiger partial charge in [0.25, 0.3) is 5.88 Å². The number of amides is 1. The highest BCUT2D eigenvalue weighted by Crippen LogP contribution is 2.42. The van der Waals surface area contributed by atoms with Gasteiger partial charge in [0.05, 0.1) is 12.5 Å². The van der Waals surface area contributed by atoms with Crippen LogP contribution in [0.2, 0.25) is 0 Å². The molecule has 2 aliphatic heterocycles. The highest BCUT2D eigenvalue weighted by molar-refractivity contribution is 5.85. The van der Waals surface area contributed by atoms with Crippen LogP contribution >= 0.6 is 0 Å². The first kappa shape index (κ1) is 15.1. The van der Waals surface area contributed by atoms with Crippen molar-refractivity contribution in [2.75, 3.05) is 31.6 Å². The number of nitrogens with zero attached hydrogens (tertiary/aromatic N) is 4. The van der Waals surface area contributed by atoms with Crippen molar-refractivity contribution in [3.05, 3.63) is 12.4 Å². The summed E-state index contributed by atoms with van der Waals surface area (Å²) in [4.78, 5) is 25.7. The quantitative estimate of drug-likeness (QED) is 0.851. The van der Waals surface area contributed by atoms with Crippen LogP contribution in [0, 0.1) is 5.41 Å². The SMILES string of the molecule is COc1nccnc1N1CCC2(CCCN(C(C)C)C2=O)C1. The summed E-state index contributed by atoms with van der Waals surface area (Å²) in [6.07, 6.45) is 6.23. The lowest BCUT2D eigenvalue weighted by molar-refractivity contribution is -0.147. The summed E-state index contributed by atoms with van der Waals surface area (Å²) in [5.74, 6) is 1.58. The van der Waals surface area contributed by atoms with Gasteiger partial charge in [-0.25, -0.2) is 9.97 Å². The van der Waals surface area contributed by atoms with Crippen molar-refractivity contribution in [1.82, 2.24) is 14.9 Å². The summed E-state index contributed by atoms with van der Waals surface area (Å²) >= 11 is 0. The number of anilines is 1. The van der Waals surface area contributed by atoms with E-state index in [1.54, 1.807) is 19.5 Å². The fourth-order valence-corrected chi connectivity index (χ4v) is 3.70. The first-order chi connectivity index (χ1) is 10.6. The average molecular weight is 304 g/mol. The molecule has 1 unspecified atom stereocenters. The van der Waals surface area contributed by atoms with E-state index in [0.29, 0.717) is 18.3 Å². The molecule has 2 saturated heterocycles. The lowest BCUT2D eigenvalue weighted by Gasteiger charge is -2.41. The molecule has 6 heteroatoms. The summed E-state index contributed by atoms with van der Waals surface area (Å²) in [7, 11) is 1.60. The van der Waals surface area contributed by atoms with Crippen molar-refractivity contribution >= 4 is 11.7 Å². The second-order valence-corrected chi connectivity index (χ2v) is 6.54. The normalized spacial score (nSPS) is 25.4. The molecule has 0 bridgehead atoms. The third-order valence-corrected chi connectivity index (χ3v) is 4.89. The molecule has 6 nitrogen and oxygen atoms in total. The summed E-state index contributed by atoms with van der Waals surface area (Å²) in [6.45, 7) is 6.61. The monoisotopic (exact) mass is 304 g/mol. The smallest absolute Gasteiger partial charge is 0.257 e. The van der Waals surface area contributed by atoms with Gasteiger partial charge in [-0.2, -0.15) is 0 Å². The summed E-state index contributed by atoms with van der Waals surface area (Å²) in [5.41, 5.74) is -0.259. The van der Waals surface area contributed by atoms with E-state index in [9.17, 15) is 4.79 Å². The summed E-state index contributed by atoms with van der Waals surface area (Å²) in [6, 6.07) is 0.268. The van der Waals surface area contributed by atoms with Crippen LogP contribution in [0.4, 0.5) is 5.82 Å². The van der Waals surface area contributed by atoms with Gasteiger partial charge in [-0.05, 0) is 33.1 Å². The standard InChI is InChI=1S/C16H24N4O2/c1-12(2)20-9-4-5-16(15(20)21)6-10-19(11-16)13-14(22-3)18-8-7-17-13/h7-8,12H,4-6,9-11H2,1-3H3. The first-order valence-corrected chi connectivity index (χ1v) is 7.98. The minimum atomic E-state index is -0.259. The molecule has 1 amide bonds. The number of ether oxygens (including phenoxy) is 1. The van der Waals surface area contributed by atoms with Gasteiger partial charge >= 0.3 is 0 Å². The molecule has 3 rings (SSSR count). The topological polar surface area (TPSA) is 58.6 Å². The maximum Gasteiger partial charge on any atom is 0.257 e. The Labute approximate surface area is 131 Å². The number of likely N-dealkylation sites (tertiary alicyclic amines) is 1. The molecule has 3 heterocycles. The predicted molar refractivity (Wildman–Crippen MR) is 83.9 cm³/mol. The van der Waals surface area contributed by atoms with Crippen LogP contribution < -0.4 is 9.64 Å². The predicted octanol–water partition coefficient (Wildman–Crippen LogP) is 1.71. The van der Waals surface area contributed by atoms with Crippen LogP contribution in [0.25, 0.3) is 0 Å². The van der Waals surface area contributed by atoms with Crippen LogP contribution in [0.3, 0.4) is 0 Å². The van der Waals surface area contributed by atoms with E-state index in [-0.39, 0.29) is 11.5 Å². The van der Waals surface area contributed by atoms with Crippen molar-refractivity contribution in [2.24, 2.45) is 5.41 Å². The van der Waals surface area contributed by atoms with E-state index >= 15 is 0 Å². The fourth-order valence-electron chi connectivity index (χ4n) is 3.70. The molecule has 1 aromatic rings. The second kappa shape index (κ2) is 5.74. The van der Waals surface area contributed by atoms with E-state index in [1.165, 1.54) is 0 Å². The Hall–Kier alpha value is -1.85. The van der Waals surface area contributed by atoms with E-state index in [2.05, 4.69) is 28.7 Å². The molecular weight excluding hydrogens is 280 g/mol. The number of carbonyl (C=O) groups is 1. The molecule has 0 aromatic carbocycles. The first-order valence-electron chi connectivity index (χ1n) is 7.98. The number of carbonyl (C=O) groups excluding carboxylic acids is 1. The van der Waals surface area contributed by atoms with Gasteiger partial charge in [0.1, 0.15) is 0 Å². The molecule has 0 saturated carbocycles. The molecule has 0 aliphatic carbocycles. The van der Waals surface area contributed by atoms with E-state index in [0.717, 1.165) is 38.2 Å². The maximum atomic E-state index is 13.0. The zero-order valence-corrected chi connectivity index (χ0v) is 13.6. The molecule has 0 radical (unpaired) electrons. The molecule has 2 fully saturated rings. The Kier molecular flexibility index (Phi) is 3.93. The van der Waals surface area contributed by atoms with Crippen molar-refractivity contribution in [1.29, 1.82) is 0 Å². The molecule has 120 valence electrons. The van der Waals surface area contributed by atoms with Gasteiger partial charge in [0.15, 0.2) is 5.82 Å². The molecule has 0 N–H and O–H groups in total. The van der Waals surface area contributed by atoms with Gasteiger partial charge in [-0.15, -0.1) is 0 Å². The molecule has 1 aromatic heterocycles. The third-order valence-electron chi connectivity index (χ3n) is 4.89. The highest BCUT2D eigenvalue weighted by atomic mass is 16.5. The fraction of sp³-hybridized carbons (Fsp3) is 0.688. The Bertz CT molecular complexity index is 563. The summed E-state index contributed by atoms with van der Waals surface area (Å²) in [5, 5.41) is 0. The van der Waals surface area contributed by atoms with E-state index < -0.39 is 0 Å². The van der Waals surface area contributed by atoms with Gasteiger partial charge in [-0.3, -0.25) is 4.79 Å². The molecular formula is C16H24N4O2. The number of piperidine rings is 1.